The average Bonchev–Trinajstić information content (AvgIpc) is 3.14. The van der Waals surface area contributed by atoms with Crippen molar-refractivity contribution in [2.45, 2.75) is 26.2 Å². The van der Waals surface area contributed by atoms with Gasteiger partial charge in [-0.3, -0.25) is 9.36 Å². The number of carbonyl (C=O) groups is 1. The number of nitrogens with one attached hydrogen (secondary N) is 1. The second-order valence-electron chi connectivity index (χ2n) is 7.10. The van der Waals surface area contributed by atoms with Gasteiger partial charge in [0.1, 0.15) is 11.3 Å². The quantitative estimate of drug-likeness (QED) is 0.463. The number of hydrogen-bond acceptors (Lipinski definition) is 5. The highest BCUT2D eigenvalue weighted by atomic mass is 16.1. The normalized spacial score (nSPS) is 11.0. The molecule has 0 unspecified atom stereocenters. The molecule has 30 heavy (non-hydrogen) atoms. The summed E-state index contributed by atoms with van der Waals surface area (Å²) in [5.74, 6) is 1.13. The number of pyridine rings is 2. The number of hydrogen-bond donors (Lipinski definition) is 2. The van der Waals surface area contributed by atoms with E-state index < -0.39 is 0 Å². The van der Waals surface area contributed by atoms with Crippen LogP contribution in [0.1, 0.15) is 25.3 Å². The van der Waals surface area contributed by atoms with Gasteiger partial charge in [-0.15, -0.1) is 0 Å². The van der Waals surface area contributed by atoms with Crippen molar-refractivity contribution in [2.24, 2.45) is 0 Å². The second kappa shape index (κ2) is 8.73. The lowest BCUT2D eigenvalue weighted by Gasteiger charge is -2.11. The molecule has 0 saturated carbocycles. The zero-order valence-electron chi connectivity index (χ0n) is 16.9. The van der Waals surface area contributed by atoms with E-state index in [0.29, 0.717) is 18.1 Å². The van der Waals surface area contributed by atoms with Crippen LogP contribution < -0.4 is 11.1 Å². The Balaban J connectivity index is 1.69. The van der Waals surface area contributed by atoms with E-state index in [2.05, 4.69) is 22.2 Å². The first-order valence-electron chi connectivity index (χ1n) is 10.1. The summed E-state index contributed by atoms with van der Waals surface area (Å²) < 4.78 is 1.97. The van der Waals surface area contributed by atoms with Crippen molar-refractivity contribution in [2.75, 3.05) is 12.3 Å². The van der Waals surface area contributed by atoms with E-state index in [0.717, 1.165) is 47.4 Å². The molecule has 3 aromatic heterocycles. The first-order valence-corrected chi connectivity index (χ1v) is 10.1. The Bertz CT molecular complexity index is 1170. The van der Waals surface area contributed by atoms with Crippen LogP contribution in [0.5, 0.6) is 0 Å². The van der Waals surface area contributed by atoms with Crippen LogP contribution in [0.25, 0.3) is 28.2 Å². The van der Waals surface area contributed by atoms with E-state index in [-0.39, 0.29) is 5.91 Å². The number of aromatic nitrogens is 4. The van der Waals surface area contributed by atoms with Crippen LogP contribution in [0.3, 0.4) is 0 Å². The molecule has 0 atom stereocenters. The molecule has 0 radical (unpaired) electrons. The molecule has 0 aliphatic rings. The molecule has 0 aliphatic carbocycles. The van der Waals surface area contributed by atoms with Crippen LogP contribution in [0, 0.1) is 0 Å². The minimum atomic E-state index is 0.0368. The summed E-state index contributed by atoms with van der Waals surface area (Å²) in [6.07, 6.45) is 5.81. The van der Waals surface area contributed by atoms with Gasteiger partial charge in [-0.1, -0.05) is 25.5 Å². The van der Waals surface area contributed by atoms with Crippen molar-refractivity contribution in [1.82, 2.24) is 24.8 Å². The maximum atomic E-state index is 12.1. The number of anilines is 1. The fourth-order valence-electron chi connectivity index (χ4n) is 3.36. The minimum absolute atomic E-state index is 0.0368. The molecule has 4 rings (SSSR count). The summed E-state index contributed by atoms with van der Waals surface area (Å²) in [4.78, 5) is 25.6. The summed E-state index contributed by atoms with van der Waals surface area (Å²) >= 11 is 0. The monoisotopic (exact) mass is 400 g/mol. The standard InChI is InChI=1S/C23H24N6O/c1-2-3-12-25-20(30)15-16-8-10-17(11-9-16)29-22(18-6-4-13-26-21(18)24)28-19-7-5-14-27-23(19)29/h4-11,13-14H,2-3,12,15H2,1H3,(H2,24,26)(H,25,30). The van der Waals surface area contributed by atoms with Gasteiger partial charge in [0, 0.05) is 24.6 Å². The summed E-state index contributed by atoms with van der Waals surface area (Å²) in [5, 5.41) is 2.95. The Labute approximate surface area is 175 Å². The number of nitrogens with zero attached hydrogens (tertiary/aromatic N) is 4. The summed E-state index contributed by atoms with van der Waals surface area (Å²) in [5.41, 5.74) is 10.2. The number of rotatable bonds is 7. The molecule has 3 heterocycles. The molecular formula is C23H24N6O. The first-order chi connectivity index (χ1) is 14.7. The molecule has 0 aliphatic heterocycles. The second-order valence-corrected chi connectivity index (χ2v) is 7.10. The fraction of sp³-hybridized carbons (Fsp3) is 0.217. The Hall–Kier alpha value is -3.74. The van der Waals surface area contributed by atoms with Crippen LogP contribution in [-0.4, -0.2) is 32.0 Å². The smallest absolute Gasteiger partial charge is 0.224 e. The zero-order valence-corrected chi connectivity index (χ0v) is 16.9. The molecule has 0 spiro atoms. The number of unbranched alkanes of at least 4 members (excludes halogenated alkanes) is 1. The molecule has 0 bridgehead atoms. The third-order valence-electron chi connectivity index (χ3n) is 4.91. The van der Waals surface area contributed by atoms with E-state index in [1.165, 1.54) is 0 Å². The van der Waals surface area contributed by atoms with Gasteiger partial charge in [0.2, 0.25) is 5.91 Å². The Morgan fingerprint density at radius 2 is 1.83 bits per heavy atom. The fourth-order valence-corrected chi connectivity index (χ4v) is 3.36. The van der Waals surface area contributed by atoms with Crippen LogP contribution in [0.2, 0.25) is 0 Å². The van der Waals surface area contributed by atoms with Gasteiger partial charge in [0.25, 0.3) is 0 Å². The van der Waals surface area contributed by atoms with Crippen molar-refractivity contribution < 1.29 is 4.79 Å². The number of nitrogen functional groups attached to an aromatic ring is 1. The van der Waals surface area contributed by atoms with Crippen LogP contribution in [0.15, 0.2) is 60.9 Å². The van der Waals surface area contributed by atoms with Crippen molar-refractivity contribution in [3.8, 4) is 17.1 Å². The number of nitrogens with two attached hydrogens (primary N) is 1. The van der Waals surface area contributed by atoms with Crippen molar-refractivity contribution in [3.05, 3.63) is 66.5 Å². The third-order valence-corrected chi connectivity index (χ3v) is 4.91. The largest absolute Gasteiger partial charge is 0.383 e. The van der Waals surface area contributed by atoms with E-state index >= 15 is 0 Å². The molecule has 4 aromatic rings. The number of imidazole rings is 1. The maximum Gasteiger partial charge on any atom is 0.224 e. The topological polar surface area (TPSA) is 98.7 Å². The van der Waals surface area contributed by atoms with Crippen LogP contribution >= 0.6 is 0 Å². The molecule has 1 aromatic carbocycles. The molecular weight excluding hydrogens is 376 g/mol. The Kier molecular flexibility index (Phi) is 5.70. The van der Waals surface area contributed by atoms with Crippen LogP contribution in [-0.2, 0) is 11.2 Å². The van der Waals surface area contributed by atoms with E-state index in [1.807, 2.05) is 53.1 Å². The van der Waals surface area contributed by atoms with E-state index in [1.54, 1.807) is 12.4 Å². The first kappa shape index (κ1) is 19.6. The lowest BCUT2D eigenvalue weighted by Crippen LogP contribution is -2.25. The molecule has 1 amide bonds. The van der Waals surface area contributed by atoms with Crippen molar-refractivity contribution in [3.63, 3.8) is 0 Å². The summed E-state index contributed by atoms with van der Waals surface area (Å²) in [7, 11) is 0. The average molecular weight is 400 g/mol. The molecule has 152 valence electrons. The zero-order chi connectivity index (χ0) is 20.9. The maximum absolute atomic E-state index is 12.1. The predicted molar refractivity (Wildman–Crippen MR) is 118 cm³/mol. The Morgan fingerprint density at radius 3 is 2.60 bits per heavy atom. The number of benzene rings is 1. The van der Waals surface area contributed by atoms with Gasteiger partial charge < -0.3 is 11.1 Å². The molecule has 0 saturated heterocycles. The molecule has 7 nitrogen and oxygen atoms in total. The van der Waals surface area contributed by atoms with Gasteiger partial charge in [0.05, 0.1) is 12.0 Å². The molecule has 0 fully saturated rings. The summed E-state index contributed by atoms with van der Waals surface area (Å²) in [6, 6.07) is 15.4. The van der Waals surface area contributed by atoms with Gasteiger partial charge in [-0.25, -0.2) is 15.0 Å². The predicted octanol–water partition coefficient (Wildman–Crippen LogP) is 3.52. The lowest BCUT2D eigenvalue weighted by atomic mass is 10.1. The van der Waals surface area contributed by atoms with Gasteiger partial charge in [-0.2, -0.15) is 0 Å². The molecule has 3 N–H and O–H groups in total. The van der Waals surface area contributed by atoms with Crippen LogP contribution in [0.4, 0.5) is 5.82 Å². The van der Waals surface area contributed by atoms with Gasteiger partial charge in [-0.05, 0) is 48.4 Å². The van der Waals surface area contributed by atoms with E-state index in [4.69, 9.17) is 10.7 Å². The molecule has 7 heteroatoms. The highest BCUT2D eigenvalue weighted by Gasteiger charge is 2.17. The Morgan fingerprint density at radius 1 is 1.07 bits per heavy atom. The summed E-state index contributed by atoms with van der Waals surface area (Å²) in [6.45, 7) is 2.82. The van der Waals surface area contributed by atoms with Gasteiger partial charge >= 0.3 is 0 Å². The van der Waals surface area contributed by atoms with E-state index in [9.17, 15) is 4.79 Å². The van der Waals surface area contributed by atoms with Crippen molar-refractivity contribution in [1.29, 1.82) is 0 Å². The highest BCUT2D eigenvalue weighted by Crippen LogP contribution is 2.30. The minimum Gasteiger partial charge on any atom is -0.383 e. The number of amides is 1. The number of fused-ring (bicyclic) bond motifs is 1. The highest BCUT2D eigenvalue weighted by molar-refractivity contribution is 5.83. The lowest BCUT2D eigenvalue weighted by molar-refractivity contribution is -0.120. The SMILES string of the molecule is CCCCNC(=O)Cc1ccc(-n2c(-c3cccnc3N)nc3cccnc32)cc1. The number of carbonyl (C=O) groups excluding carboxylic acids is 1. The van der Waals surface area contributed by atoms with Gasteiger partial charge in [0.15, 0.2) is 11.5 Å². The third kappa shape index (κ3) is 4.00. The van der Waals surface area contributed by atoms with Crippen molar-refractivity contribution >= 4 is 22.9 Å².